The lowest BCUT2D eigenvalue weighted by atomic mass is 10.1. The zero-order valence-corrected chi connectivity index (χ0v) is 18.4. The lowest BCUT2D eigenvalue weighted by molar-refractivity contribution is -0.112. The van der Waals surface area contributed by atoms with Gasteiger partial charge in [-0.05, 0) is 99.6 Å². The minimum absolute atomic E-state index is 0.0196. The number of hydrogen-bond donors (Lipinski definition) is 1. The van der Waals surface area contributed by atoms with Crippen molar-refractivity contribution in [3.8, 4) is 11.8 Å². The van der Waals surface area contributed by atoms with Gasteiger partial charge in [-0.15, -0.1) is 0 Å². The quantitative estimate of drug-likeness (QED) is 0.300. The van der Waals surface area contributed by atoms with E-state index in [1.54, 1.807) is 31.4 Å². The van der Waals surface area contributed by atoms with Crippen molar-refractivity contribution >= 4 is 74.5 Å². The van der Waals surface area contributed by atoms with Crippen LogP contribution in [0.4, 0.5) is 5.69 Å². The minimum Gasteiger partial charge on any atom is -0.495 e. The van der Waals surface area contributed by atoms with Crippen molar-refractivity contribution in [2.45, 2.75) is 6.92 Å². The molecule has 0 aliphatic carbocycles. The van der Waals surface area contributed by atoms with Gasteiger partial charge in [0.25, 0.3) is 5.91 Å². The fourth-order valence-electron chi connectivity index (χ4n) is 2.13. The van der Waals surface area contributed by atoms with E-state index in [1.165, 1.54) is 0 Å². The van der Waals surface area contributed by atoms with Gasteiger partial charge in [0.2, 0.25) is 0 Å². The second kappa shape index (κ2) is 8.87. The minimum atomic E-state index is -0.464. The first-order valence-electron chi connectivity index (χ1n) is 7.08. The van der Waals surface area contributed by atoms with Crippen LogP contribution >= 0.6 is 56.8 Å². The number of carbonyl (C=O) groups is 1. The van der Waals surface area contributed by atoms with E-state index in [-0.39, 0.29) is 5.57 Å². The predicted molar refractivity (Wildman–Crippen MR) is 117 cm³/mol. The molecule has 0 atom stereocenters. The highest BCUT2D eigenvalue weighted by Gasteiger charge is 2.13. The summed E-state index contributed by atoms with van der Waals surface area (Å²) in [5, 5.41) is 12.7. The van der Waals surface area contributed by atoms with Crippen molar-refractivity contribution in [3.05, 3.63) is 59.2 Å². The van der Waals surface area contributed by atoms with Crippen LogP contribution in [0.5, 0.6) is 5.75 Å². The van der Waals surface area contributed by atoms with E-state index in [2.05, 4.69) is 50.5 Å². The third kappa shape index (κ3) is 5.09. The molecule has 1 N–H and O–H groups in total. The number of anilines is 1. The molecule has 2 rings (SSSR count). The number of aryl methyl sites for hydroxylation is 1. The molecule has 0 fully saturated rings. The number of carbonyl (C=O) groups excluding carboxylic acids is 1. The molecule has 0 radical (unpaired) electrons. The number of hydrogen-bond acceptors (Lipinski definition) is 3. The molecule has 0 unspecified atom stereocenters. The summed E-state index contributed by atoms with van der Waals surface area (Å²) in [6.07, 6.45) is 1.56. The molecule has 25 heavy (non-hydrogen) atoms. The monoisotopic (exact) mass is 578 g/mol. The Balaban J connectivity index is 2.31. The highest BCUT2D eigenvalue weighted by molar-refractivity contribution is 14.1. The lowest BCUT2D eigenvalue weighted by Crippen LogP contribution is -2.14. The van der Waals surface area contributed by atoms with Gasteiger partial charge in [-0.3, -0.25) is 4.79 Å². The van der Waals surface area contributed by atoms with Crippen molar-refractivity contribution in [1.29, 1.82) is 5.26 Å². The van der Waals surface area contributed by atoms with Crippen LogP contribution in [0.15, 0.2) is 35.9 Å². The fraction of sp³-hybridized carbons (Fsp3) is 0.111. The van der Waals surface area contributed by atoms with E-state index in [1.807, 2.05) is 25.1 Å². The molecular formula is C18H13ClI2N2O2. The van der Waals surface area contributed by atoms with Crippen LogP contribution in [0.3, 0.4) is 0 Å². The second-order valence-corrected chi connectivity index (χ2v) is 7.86. The summed E-state index contributed by atoms with van der Waals surface area (Å²) >= 11 is 10.2. The maximum absolute atomic E-state index is 12.4. The van der Waals surface area contributed by atoms with E-state index in [0.717, 1.165) is 24.0 Å². The highest BCUT2D eigenvalue weighted by atomic mass is 127. The summed E-state index contributed by atoms with van der Waals surface area (Å²) in [7, 11) is 1.61. The zero-order valence-electron chi connectivity index (χ0n) is 13.4. The van der Waals surface area contributed by atoms with Crippen LogP contribution in [0.2, 0.25) is 5.02 Å². The summed E-state index contributed by atoms with van der Waals surface area (Å²) in [6.45, 7) is 1.84. The molecule has 0 saturated heterocycles. The first-order chi connectivity index (χ1) is 11.8. The van der Waals surface area contributed by atoms with Crippen LogP contribution in [0, 0.1) is 25.4 Å². The third-order valence-corrected chi connectivity index (χ3v) is 5.18. The van der Waals surface area contributed by atoms with Crippen molar-refractivity contribution in [2.75, 3.05) is 12.4 Å². The normalized spacial score (nSPS) is 11.0. The Morgan fingerprint density at radius 3 is 2.44 bits per heavy atom. The van der Waals surface area contributed by atoms with Crippen LogP contribution < -0.4 is 10.1 Å². The summed E-state index contributed by atoms with van der Waals surface area (Å²) in [6, 6.07) is 10.8. The SMILES string of the molecule is COc1c(I)cc(/C=C(\C#N)C(=O)Nc2ccc(Cl)cc2C)cc1I. The van der Waals surface area contributed by atoms with E-state index in [9.17, 15) is 10.1 Å². The Morgan fingerprint density at radius 1 is 1.28 bits per heavy atom. The summed E-state index contributed by atoms with van der Waals surface area (Å²) < 4.78 is 7.13. The molecule has 2 aromatic rings. The summed E-state index contributed by atoms with van der Waals surface area (Å²) in [4.78, 5) is 12.4. The highest BCUT2D eigenvalue weighted by Crippen LogP contribution is 2.29. The molecule has 0 aliphatic heterocycles. The number of methoxy groups -OCH3 is 1. The van der Waals surface area contributed by atoms with Crippen molar-refractivity contribution in [1.82, 2.24) is 0 Å². The van der Waals surface area contributed by atoms with E-state index < -0.39 is 5.91 Å². The number of halogens is 3. The molecule has 0 heterocycles. The number of nitrogens with zero attached hydrogens (tertiary/aromatic N) is 1. The summed E-state index contributed by atoms with van der Waals surface area (Å²) in [5.41, 5.74) is 2.22. The Morgan fingerprint density at radius 2 is 1.92 bits per heavy atom. The lowest BCUT2D eigenvalue weighted by Gasteiger charge is -2.09. The predicted octanol–water partition coefficient (Wildman–Crippen LogP) is 5.41. The molecule has 0 spiro atoms. The van der Waals surface area contributed by atoms with Gasteiger partial charge < -0.3 is 10.1 Å². The number of ether oxygens (including phenoxy) is 1. The van der Waals surface area contributed by atoms with Crippen molar-refractivity contribution < 1.29 is 9.53 Å². The number of amides is 1. The molecule has 1 amide bonds. The Bertz CT molecular complexity index is 881. The number of rotatable bonds is 4. The Kier molecular flexibility index (Phi) is 7.10. The van der Waals surface area contributed by atoms with Crippen molar-refractivity contribution in [2.24, 2.45) is 0 Å². The van der Waals surface area contributed by atoms with E-state index in [4.69, 9.17) is 16.3 Å². The van der Waals surface area contributed by atoms with Gasteiger partial charge in [0, 0.05) is 10.7 Å². The van der Waals surface area contributed by atoms with E-state index in [0.29, 0.717) is 10.7 Å². The molecule has 2 aromatic carbocycles. The van der Waals surface area contributed by atoms with Gasteiger partial charge in [-0.25, -0.2) is 0 Å². The largest absolute Gasteiger partial charge is 0.495 e. The van der Waals surface area contributed by atoms with Gasteiger partial charge in [-0.1, -0.05) is 11.6 Å². The topological polar surface area (TPSA) is 62.1 Å². The fourth-order valence-corrected chi connectivity index (χ4v) is 4.61. The third-order valence-electron chi connectivity index (χ3n) is 3.34. The maximum atomic E-state index is 12.4. The number of nitrogens with one attached hydrogen (secondary N) is 1. The molecule has 4 nitrogen and oxygen atoms in total. The molecule has 7 heteroatoms. The van der Waals surface area contributed by atoms with Gasteiger partial charge in [-0.2, -0.15) is 5.26 Å². The maximum Gasteiger partial charge on any atom is 0.266 e. The standard InChI is InChI=1S/C18H13ClI2N2O2/c1-10-5-13(19)3-4-16(10)23-18(24)12(9-22)6-11-7-14(20)17(25-2)15(21)8-11/h3-8H,1-2H3,(H,23,24)/b12-6+. The van der Waals surface area contributed by atoms with Gasteiger partial charge in [0.05, 0.1) is 14.3 Å². The number of benzene rings is 2. The average molecular weight is 579 g/mol. The first-order valence-corrected chi connectivity index (χ1v) is 9.61. The first kappa shape index (κ1) is 20.0. The Hall–Kier alpha value is -1.31. The Labute approximate surface area is 178 Å². The smallest absolute Gasteiger partial charge is 0.266 e. The zero-order chi connectivity index (χ0) is 18.6. The van der Waals surface area contributed by atoms with E-state index >= 15 is 0 Å². The molecule has 128 valence electrons. The second-order valence-electron chi connectivity index (χ2n) is 5.10. The molecule has 0 aromatic heterocycles. The van der Waals surface area contributed by atoms with Crippen LogP contribution in [-0.4, -0.2) is 13.0 Å². The molecule has 0 bridgehead atoms. The van der Waals surface area contributed by atoms with Gasteiger partial charge in [0.1, 0.15) is 17.4 Å². The van der Waals surface area contributed by atoms with Gasteiger partial charge in [0.15, 0.2) is 0 Å². The van der Waals surface area contributed by atoms with Crippen molar-refractivity contribution in [3.63, 3.8) is 0 Å². The molecule has 0 saturated carbocycles. The molecular weight excluding hydrogens is 565 g/mol. The molecule has 0 aliphatic rings. The van der Waals surface area contributed by atoms with Gasteiger partial charge >= 0.3 is 0 Å². The summed E-state index contributed by atoms with van der Waals surface area (Å²) in [5.74, 6) is 0.312. The average Bonchev–Trinajstić information content (AvgIpc) is 2.55. The van der Waals surface area contributed by atoms with Crippen LogP contribution in [0.25, 0.3) is 6.08 Å². The van der Waals surface area contributed by atoms with Crippen LogP contribution in [-0.2, 0) is 4.79 Å². The van der Waals surface area contributed by atoms with Crippen LogP contribution in [0.1, 0.15) is 11.1 Å². The number of nitriles is 1.